The molecule has 0 spiro atoms. The van der Waals surface area contributed by atoms with Crippen molar-refractivity contribution in [2.24, 2.45) is 17.8 Å². The molecule has 2 fully saturated rings. The van der Waals surface area contributed by atoms with Crippen LogP contribution in [-0.2, 0) is 9.59 Å². The Hall–Kier alpha value is -1.92. The van der Waals surface area contributed by atoms with Crippen LogP contribution in [0.15, 0.2) is 29.6 Å². The molecule has 1 saturated heterocycles. The van der Waals surface area contributed by atoms with Gasteiger partial charge in [0.25, 0.3) is 0 Å². The number of hydrogen-bond donors (Lipinski definition) is 1. The maximum Gasteiger partial charge on any atom is 0.304 e. The van der Waals surface area contributed by atoms with Crippen molar-refractivity contribution in [2.45, 2.75) is 51.4 Å². The van der Waals surface area contributed by atoms with Gasteiger partial charge >= 0.3 is 5.97 Å². The Morgan fingerprint density at radius 2 is 1.90 bits per heavy atom. The summed E-state index contributed by atoms with van der Waals surface area (Å²) in [6, 6.07) is 7.53. The van der Waals surface area contributed by atoms with Crippen molar-refractivity contribution in [1.29, 1.82) is 0 Å². The Kier molecular flexibility index (Phi) is 6.74. The van der Waals surface area contributed by atoms with Crippen LogP contribution in [0.4, 0.5) is 5.13 Å². The van der Waals surface area contributed by atoms with E-state index in [2.05, 4.69) is 0 Å². The summed E-state index contributed by atoms with van der Waals surface area (Å²) in [5.41, 5.74) is 1.59. The third kappa shape index (κ3) is 4.54. The van der Waals surface area contributed by atoms with Crippen molar-refractivity contribution < 1.29 is 14.7 Å². The molecule has 1 saturated carbocycles. The molecule has 2 heterocycles. The highest BCUT2D eigenvalue weighted by atomic mass is 35.5. The minimum Gasteiger partial charge on any atom is -0.481 e. The lowest BCUT2D eigenvalue weighted by atomic mass is 9.74. The van der Waals surface area contributed by atoms with Crippen LogP contribution in [0.1, 0.15) is 51.4 Å². The molecule has 0 radical (unpaired) electrons. The first kappa shape index (κ1) is 21.3. The SMILES string of the molecule is O=C(O)C[C@@H]1C(=O)N(c2nc(-c3ccccc3Cl)cs2)CCCC[C@@H]1C1CCCC1. The first-order valence-electron chi connectivity index (χ1n) is 10.8. The summed E-state index contributed by atoms with van der Waals surface area (Å²) < 4.78 is 0. The van der Waals surface area contributed by atoms with E-state index in [0.717, 1.165) is 43.4 Å². The highest BCUT2D eigenvalue weighted by molar-refractivity contribution is 7.14. The average Bonchev–Trinajstić information content (AvgIpc) is 3.40. The standard InChI is InChI=1S/C23H27ClN2O3S/c24-19-11-4-3-10-17(19)20-14-30-23(25-20)26-12-6-5-9-16(15-7-1-2-8-15)18(22(26)29)13-21(27)28/h3-4,10-11,14-16,18H,1-2,5-9,12-13H2,(H,27,28)/t16-,18+/m1/s1. The second-order valence-corrected chi connectivity index (χ2v) is 9.64. The smallest absolute Gasteiger partial charge is 0.304 e. The van der Waals surface area contributed by atoms with E-state index in [1.54, 1.807) is 4.90 Å². The van der Waals surface area contributed by atoms with Crippen LogP contribution in [0.2, 0.25) is 5.02 Å². The quantitative estimate of drug-likeness (QED) is 0.622. The summed E-state index contributed by atoms with van der Waals surface area (Å²) in [6.07, 6.45) is 7.38. The van der Waals surface area contributed by atoms with Crippen LogP contribution in [-0.4, -0.2) is 28.5 Å². The van der Waals surface area contributed by atoms with Crippen LogP contribution in [0.5, 0.6) is 0 Å². The number of carboxylic acid groups (broad SMARTS) is 1. The molecule has 1 aromatic carbocycles. The van der Waals surface area contributed by atoms with Gasteiger partial charge in [0.15, 0.2) is 5.13 Å². The number of amides is 1. The van der Waals surface area contributed by atoms with Crippen molar-refractivity contribution >= 4 is 39.9 Å². The van der Waals surface area contributed by atoms with E-state index in [1.165, 1.54) is 24.2 Å². The highest BCUT2D eigenvalue weighted by Crippen LogP contribution is 2.42. The van der Waals surface area contributed by atoms with Gasteiger partial charge in [0, 0.05) is 22.5 Å². The molecule has 2 aliphatic rings. The second-order valence-electron chi connectivity index (χ2n) is 8.39. The maximum atomic E-state index is 13.6. The van der Waals surface area contributed by atoms with Crippen LogP contribution in [0.3, 0.4) is 0 Å². The fourth-order valence-corrected chi connectivity index (χ4v) is 6.18. The topological polar surface area (TPSA) is 70.5 Å². The molecule has 7 heteroatoms. The molecule has 30 heavy (non-hydrogen) atoms. The van der Waals surface area contributed by atoms with E-state index in [0.29, 0.717) is 22.6 Å². The monoisotopic (exact) mass is 446 g/mol. The number of anilines is 1. The van der Waals surface area contributed by atoms with Crippen molar-refractivity contribution in [3.8, 4) is 11.3 Å². The van der Waals surface area contributed by atoms with E-state index in [1.807, 2.05) is 29.6 Å². The molecule has 1 N–H and O–H groups in total. The van der Waals surface area contributed by atoms with Gasteiger partial charge in [-0.2, -0.15) is 0 Å². The fourth-order valence-electron chi connectivity index (χ4n) is 5.09. The Labute approximate surface area is 186 Å². The normalized spacial score (nSPS) is 23.4. The molecule has 2 atom stereocenters. The molecule has 1 aliphatic carbocycles. The third-order valence-electron chi connectivity index (χ3n) is 6.54. The van der Waals surface area contributed by atoms with Crippen LogP contribution in [0, 0.1) is 17.8 Å². The lowest BCUT2D eigenvalue weighted by molar-refractivity contribution is -0.142. The number of rotatable bonds is 5. The molecular formula is C23H27ClN2O3S. The summed E-state index contributed by atoms with van der Waals surface area (Å²) in [4.78, 5) is 31.7. The molecule has 1 aliphatic heterocycles. The summed E-state index contributed by atoms with van der Waals surface area (Å²) in [7, 11) is 0. The highest BCUT2D eigenvalue weighted by Gasteiger charge is 2.40. The fraction of sp³-hybridized carbons (Fsp3) is 0.522. The average molecular weight is 447 g/mol. The maximum absolute atomic E-state index is 13.6. The largest absolute Gasteiger partial charge is 0.481 e. The van der Waals surface area contributed by atoms with Gasteiger partial charge in [0.1, 0.15) is 0 Å². The molecule has 1 amide bonds. The summed E-state index contributed by atoms with van der Waals surface area (Å²) >= 11 is 7.74. The molecule has 160 valence electrons. The Morgan fingerprint density at radius 1 is 1.17 bits per heavy atom. The van der Waals surface area contributed by atoms with E-state index < -0.39 is 11.9 Å². The lowest BCUT2D eigenvalue weighted by Crippen LogP contribution is -2.44. The van der Waals surface area contributed by atoms with Crippen molar-refractivity contribution in [3.63, 3.8) is 0 Å². The number of aromatic nitrogens is 1. The van der Waals surface area contributed by atoms with Gasteiger partial charge in [-0.05, 0) is 30.7 Å². The zero-order valence-electron chi connectivity index (χ0n) is 16.9. The molecule has 0 unspecified atom stereocenters. The second kappa shape index (κ2) is 9.48. The minimum atomic E-state index is -0.896. The van der Waals surface area contributed by atoms with Crippen molar-refractivity contribution in [1.82, 2.24) is 4.98 Å². The number of carbonyl (C=O) groups excluding carboxylic acids is 1. The number of thiazole rings is 1. The Balaban J connectivity index is 1.63. The van der Waals surface area contributed by atoms with Gasteiger partial charge in [0.2, 0.25) is 5.91 Å². The summed E-state index contributed by atoms with van der Waals surface area (Å²) in [5.74, 6) is -0.824. The van der Waals surface area contributed by atoms with Gasteiger partial charge in [0.05, 0.1) is 18.0 Å². The van der Waals surface area contributed by atoms with Gasteiger partial charge < -0.3 is 5.11 Å². The lowest BCUT2D eigenvalue weighted by Gasteiger charge is -2.35. The number of aliphatic carboxylic acids is 1. The zero-order valence-corrected chi connectivity index (χ0v) is 18.5. The first-order valence-corrected chi connectivity index (χ1v) is 12.0. The first-order chi connectivity index (χ1) is 14.5. The number of carboxylic acids is 1. The predicted molar refractivity (Wildman–Crippen MR) is 120 cm³/mol. The van der Waals surface area contributed by atoms with E-state index in [9.17, 15) is 14.7 Å². The molecule has 0 bridgehead atoms. The summed E-state index contributed by atoms with van der Waals surface area (Å²) in [6.45, 7) is 0.585. The third-order valence-corrected chi connectivity index (χ3v) is 7.74. The van der Waals surface area contributed by atoms with Crippen molar-refractivity contribution in [3.05, 3.63) is 34.7 Å². The number of benzene rings is 1. The van der Waals surface area contributed by atoms with E-state index in [-0.39, 0.29) is 18.2 Å². The van der Waals surface area contributed by atoms with Crippen molar-refractivity contribution in [2.75, 3.05) is 11.4 Å². The Morgan fingerprint density at radius 3 is 2.63 bits per heavy atom. The molecule has 4 rings (SSSR count). The van der Waals surface area contributed by atoms with E-state index >= 15 is 0 Å². The minimum absolute atomic E-state index is 0.0749. The molecule has 5 nitrogen and oxygen atoms in total. The molecule has 2 aromatic rings. The van der Waals surface area contributed by atoms with Gasteiger partial charge in [-0.15, -0.1) is 11.3 Å². The van der Waals surface area contributed by atoms with Crippen LogP contribution < -0.4 is 4.90 Å². The summed E-state index contributed by atoms with van der Waals surface area (Å²) in [5, 5.41) is 12.7. The number of carbonyl (C=O) groups is 2. The zero-order chi connectivity index (χ0) is 21.1. The predicted octanol–water partition coefficient (Wildman–Crippen LogP) is 5.88. The molecule has 1 aromatic heterocycles. The molecular weight excluding hydrogens is 420 g/mol. The van der Waals surface area contributed by atoms with Gasteiger partial charge in [-0.1, -0.05) is 61.9 Å². The number of halogens is 1. The number of hydrogen-bond acceptors (Lipinski definition) is 4. The van der Waals surface area contributed by atoms with Gasteiger partial charge in [-0.3, -0.25) is 14.5 Å². The Bertz CT molecular complexity index is 909. The number of nitrogens with zero attached hydrogens (tertiary/aromatic N) is 2. The van der Waals surface area contributed by atoms with Crippen LogP contribution in [0.25, 0.3) is 11.3 Å². The van der Waals surface area contributed by atoms with Gasteiger partial charge in [-0.25, -0.2) is 4.98 Å². The van der Waals surface area contributed by atoms with Crippen LogP contribution >= 0.6 is 22.9 Å². The van der Waals surface area contributed by atoms with E-state index in [4.69, 9.17) is 16.6 Å².